The number of hydrogen-bond acceptors (Lipinski definition) is 9. The minimum absolute atomic E-state index is 0.0459. The van der Waals surface area contributed by atoms with Gasteiger partial charge in [0, 0.05) is 17.5 Å². The lowest BCUT2D eigenvalue weighted by atomic mass is 9.97. The molecule has 0 bridgehead atoms. The number of nitrogens with two attached hydrogens (primary N) is 1. The second kappa shape index (κ2) is 7.44. The third kappa shape index (κ3) is 3.28. The van der Waals surface area contributed by atoms with E-state index in [4.69, 9.17) is 5.14 Å². The number of primary sulfonamides is 1. The summed E-state index contributed by atoms with van der Waals surface area (Å²) in [6.07, 6.45) is 1.98. The highest BCUT2D eigenvalue weighted by atomic mass is 32.2. The van der Waals surface area contributed by atoms with Gasteiger partial charge in [-0.3, -0.25) is 5.10 Å². The fourth-order valence-corrected chi connectivity index (χ4v) is 7.32. The number of nitrogens with one attached hydrogen (secondary N) is 3. The largest absolute Gasteiger partial charge is 0.315 e. The summed E-state index contributed by atoms with van der Waals surface area (Å²) in [6, 6.07) is 8.18. The van der Waals surface area contributed by atoms with Crippen molar-refractivity contribution in [2.75, 3.05) is 13.1 Å². The first-order chi connectivity index (χ1) is 15.3. The summed E-state index contributed by atoms with van der Waals surface area (Å²) >= 11 is 0. The number of aromatic nitrogens is 6. The van der Waals surface area contributed by atoms with Crippen molar-refractivity contribution in [1.29, 1.82) is 0 Å². The van der Waals surface area contributed by atoms with Crippen molar-refractivity contribution in [2.24, 2.45) is 5.14 Å². The van der Waals surface area contributed by atoms with Crippen molar-refractivity contribution in [1.82, 2.24) is 36.1 Å². The highest BCUT2D eigenvalue weighted by Gasteiger charge is 2.37. The van der Waals surface area contributed by atoms with Crippen LogP contribution in [-0.2, 0) is 19.9 Å². The van der Waals surface area contributed by atoms with E-state index >= 15 is 0 Å². The lowest BCUT2D eigenvalue weighted by Gasteiger charge is -2.18. The minimum Gasteiger partial charge on any atom is -0.315 e. The lowest BCUT2D eigenvalue weighted by Crippen LogP contribution is -2.27. The zero-order chi connectivity index (χ0) is 22.5. The number of para-hydroxylation sites is 1. The molecule has 5 rings (SSSR count). The molecule has 1 fully saturated rings. The number of sulfone groups is 1. The number of nitrogens with zero attached hydrogens (tertiary/aromatic N) is 4. The summed E-state index contributed by atoms with van der Waals surface area (Å²) in [6.45, 7) is 0.741. The summed E-state index contributed by atoms with van der Waals surface area (Å²) in [4.78, 5) is -0.936. The van der Waals surface area contributed by atoms with Gasteiger partial charge in [-0.2, -0.15) is 10.3 Å². The van der Waals surface area contributed by atoms with Crippen molar-refractivity contribution in [2.45, 2.75) is 21.5 Å². The maximum absolute atomic E-state index is 13.4. The molecule has 2 aromatic heterocycles. The van der Waals surface area contributed by atoms with Gasteiger partial charge in [0.05, 0.1) is 27.4 Å². The van der Waals surface area contributed by atoms with Gasteiger partial charge in [-0.05, 0) is 29.8 Å². The first-order valence-electron chi connectivity index (χ1n) is 9.59. The van der Waals surface area contributed by atoms with Gasteiger partial charge in [-0.15, -0.1) is 10.2 Å². The van der Waals surface area contributed by atoms with Crippen LogP contribution in [0.4, 0.5) is 0 Å². The molecule has 12 nitrogen and oxygen atoms in total. The Morgan fingerprint density at radius 2 is 1.91 bits per heavy atom. The average Bonchev–Trinajstić information content (AvgIpc) is 3.54. The quantitative estimate of drug-likeness (QED) is 0.313. The molecular formula is C18H18N8O4S2. The molecule has 0 aliphatic carbocycles. The third-order valence-corrected chi connectivity index (χ3v) is 8.86. The fraction of sp³-hybridized carbons (Fsp3) is 0.222. The van der Waals surface area contributed by atoms with Crippen molar-refractivity contribution < 1.29 is 16.8 Å². The Morgan fingerprint density at radius 1 is 1.06 bits per heavy atom. The zero-order valence-electron chi connectivity index (χ0n) is 16.5. The van der Waals surface area contributed by atoms with E-state index in [1.165, 1.54) is 12.1 Å². The number of hydrogen-bond donors (Lipinski definition) is 4. The van der Waals surface area contributed by atoms with Crippen LogP contribution in [0.2, 0.25) is 0 Å². The van der Waals surface area contributed by atoms with Crippen molar-refractivity contribution in [3.8, 4) is 22.5 Å². The molecule has 166 valence electrons. The highest BCUT2D eigenvalue weighted by Crippen LogP contribution is 2.41. The Bertz CT molecular complexity index is 1520. The van der Waals surface area contributed by atoms with Gasteiger partial charge in [0.1, 0.15) is 4.90 Å². The number of aromatic amines is 2. The van der Waals surface area contributed by atoms with Gasteiger partial charge in [-0.25, -0.2) is 22.0 Å². The summed E-state index contributed by atoms with van der Waals surface area (Å²) in [5, 5.41) is 29.2. The standard InChI is InChI=1S/C18H18N8O4S2/c19-32(29,30)17-14(31(27,28)11-6-7-20-9-11)5-4-12(15(17)18-23-25-26-24-18)13-3-1-2-10-8-21-22-16(10)13/h1-5,8,11,20H,6-7,9H2,(H,21,22)(H2,19,29,30)(H,23,24,25,26)/t11-/m1/s1. The van der Waals surface area contributed by atoms with Gasteiger partial charge in [0.15, 0.2) is 9.84 Å². The summed E-state index contributed by atoms with van der Waals surface area (Å²) in [5.74, 6) is -0.0952. The van der Waals surface area contributed by atoms with Crippen LogP contribution in [0.5, 0.6) is 0 Å². The Balaban J connectivity index is 1.89. The molecule has 0 saturated carbocycles. The molecular weight excluding hydrogens is 456 g/mol. The highest BCUT2D eigenvalue weighted by molar-refractivity contribution is 7.94. The third-order valence-electron chi connectivity index (χ3n) is 5.50. The van der Waals surface area contributed by atoms with Crippen LogP contribution in [-0.4, -0.2) is 66.0 Å². The maximum Gasteiger partial charge on any atom is 0.240 e. The zero-order valence-corrected chi connectivity index (χ0v) is 18.1. The van der Waals surface area contributed by atoms with Gasteiger partial charge < -0.3 is 5.32 Å². The summed E-state index contributed by atoms with van der Waals surface area (Å²) in [5.41, 5.74) is 1.54. The van der Waals surface area contributed by atoms with E-state index in [2.05, 4.69) is 36.1 Å². The van der Waals surface area contributed by atoms with Crippen molar-refractivity contribution in [3.63, 3.8) is 0 Å². The Morgan fingerprint density at radius 3 is 2.59 bits per heavy atom. The fourth-order valence-electron chi connectivity index (χ4n) is 4.05. The lowest BCUT2D eigenvalue weighted by molar-refractivity contribution is 0.574. The van der Waals surface area contributed by atoms with E-state index in [0.717, 1.165) is 5.39 Å². The Labute approximate surface area is 182 Å². The normalized spacial score (nSPS) is 17.2. The second-order valence-corrected chi connectivity index (χ2v) is 11.1. The van der Waals surface area contributed by atoms with Crippen molar-refractivity contribution in [3.05, 3.63) is 36.5 Å². The molecule has 5 N–H and O–H groups in total. The molecule has 0 unspecified atom stereocenters. The molecule has 1 saturated heterocycles. The van der Waals surface area contributed by atoms with Crippen LogP contribution < -0.4 is 10.5 Å². The molecule has 32 heavy (non-hydrogen) atoms. The SMILES string of the molecule is NS(=O)(=O)c1c(S(=O)(=O)[C@@H]2CCNC2)ccc(-c2cccc3cn[nH]c23)c1-c1nn[nH]n1. The maximum atomic E-state index is 13.4. The molecule has 0 spiro atoms. The molecule has 2 aromatic carbocycles. The van der Waals surface area contributed by atoms with E-state index in [-0.39, 0.29) is 22.8 Å². The molecule has 0 radical (unpaired) electrons. The average molecular weight is 475 g/mol. The topological polar surface area (TPSA) is 189 Å². The molecule has 4 aromatic rings. The van der Waals surface area contributed by atoms with Crippen LogP contribution in [0, 0.1) is 0 Å². The van der Waals surface area contributed by atoms with Crippen molar-refractivity contribution >= 4 is 30.8 Å². The number of H-pyrrole nitrogens is 2. The van der Waals surface area contributed by atoms with Gasteiger partial charge in [0.2, 0.25) is 15.8 Å². The molecule has 14 heteroatoms. The molecule has 0 amide bonds. The van der Waals surface area contributed by atoms with Crippen LogP contribution >= 0.6 is 0 Å². The van der Waals surface area contributed by atoms with E-state index in [0.29, 0.717) is 29.6 Å². The molecule has 1 atom stereocenters. The van der Waals surface area contributed by atoms with Gasteiger partial charge >= 0.3 is 0 Å². The number of sulfonamides is 1. The van der Waals surface area contributed by atoms with E-state index in [1.807, 2.05) is 6.07 Å². The second-order valence-electron chi connectivity index (χ2n) is 7.40. The van der Waals surface area contributed by atoms with Crippen LogP contribution in [0.3, 0.4) is 0 Å². The predicted octanol–water partition coefficient (Wildman–Crippen LogP) is 0.193. The number of fused-ring (bicyclic) bond motifs is 1. The summed E-state index contributed by atoms with van der Waals surface area (Å²) < 4.78 is 52.4. The number of benzene rings is 2. The van der Waals surface area contributed by atoms with Gasteiger partial charge in [-0.1, -0.05) is 24.3 Å². The monoisotopic (exact) mass is 474 g/mol. The minimum atomic E-state index is -4.52. The van der Waals surface area contributed by atoms with E-state index in [9.17, 15) is 16.8 Å². The molecule has 1 aliphatic rings. The van der Waals surface area contributed by atoms with Crippen LogP contribution in [0.1, 0.15) is 6.42 Å². The smallest absolute Gasteiger partial charge is 0.240 e. The molecule has 3 heterocycles. The van der Waals surface area contributed by atoms with Gasteiger partial charge in [0.25, 0.3) is 0 Å². The summed E-state index contributed by atoms with van der Waals surface area (Å²) in [7, 11) is -8.55. The molecule has 1 aliphatic heterocycles. The Kier molecular flexibility index (Phi) is 4.81. The first kappa shape index (κ1) is 20.7. The number of tetrazole rings is 1. The Hall–Kier alpha value is -3.20. The predicted molar refractivity (Wildman–Crippen MR) is 115 cm³/mol. The number of rotatable bonds is 5. The van der Waals surface area contributed by atoms with Crippen LogP contribution in [0.25, 0.3) is 33.4 Å². The van der Waals surface area contributed by atoms with Crippen LogP contribution in [0.15, 0.2) is 46.3 Å². The first-order valence-corrected chi connectivity index (χ1v) is 12.7. The van der Waals surface area contributed by atoms with E-state index in [1.54, 1.807) is 18.3 Å². The van der Waals surface area contributed by atoms with E-state index < -0.39 is 30.0 Å².